The smallest absolute Gasteiger partial charge is 0.410 e. The van der Waals surface area contributed by atoms with Crippen LogP contribution in [0.3, 0.4) is 0 Å². The first-order chi connectivity index (χ1) is 25.3. The molecule has 2 unspecified atom stereocenters. The molecule has 0 bridgehead atoms. The Bertz CT molecular complexity index is 1920. The lowest BCUT2D eigenvalue weighted by Crippen LogP contribution is -2.49. The van der Waals surface area contributed by atoms with Gasteiger partial charge in [-0.3, -0.25) is 19.8 Å². The molecule has 0 aliphatic heterocycles. The highest BCUT2D eigenvalue weighted by Gasteiger charge is 2.43. The van der Waals surface area contributed by atoms with Gasteiger partial charge in [0.2, 0.25) is 0 Å². The number of pyridine rings is 2. The van der Waals surface area contributed by atoms with Gasteiger partial charge in [0.15, 0.2) is 0 Å². The number of aromatic nitrogens is 4. The Hall–Kier alpha value is -4.38. The van der Waals surface area contributed by atoms with E-state index in [0.717, 1.165) is 71.3 Å². The predicted octanol–water partition coefficient (Wildman–Crippen LogP) is 9.44. The highest BCUT2D eigenvalue weighted by Crippen LogP contribution is 2.44. The summed E-state index contributed by atoms with van der Waals surface area (Å²) in [6.45, 7) is 17.8. The molecular weight excluding hydrogens is 677 g/mol. The van der Waals surface area contributed by atoms with Crippen molar-refractivity contribution in [1.29, 1.82) is 0 Å². The summed E-state index contributed by atoms with van der Waals surface area (Å²) in [7, 11) is -1.28. The monoisotopic (exact) mass is 732 g/mol. The number of imidazole rings is 1. The summed E-state index contributed by atoms with van der Waals surface area (Å²) in [6, 6.07) is 27.8. The standard InChI is InChI=1S/C43H56N6O3Si/c1-42(2,3)52-41(50)48(30-35-16-10-11-24-44-35)28-32-19-21-33(22-20-32)29-49(43(4)23-12-14-34-15-13-25-45-39(34)43)38(31-51-26-27-53(5,6)7)40-46-36-17-8-9-18-37(36)47-40/h8-11,13,15-22,24-25,38H,12,14,23,26-31H2,1-7H3,(H,46,47). The average molecular weight is 733 g/mol. The lowest BCUT2D eigenvalue weighted by Gasteiger charge is -2.47. The van der Waals surface area contributed by atoms with Crippen molar-refractivity contribution in [1.82, 2.24) is 29.7 Å². The minimum absolute atomic E-state index is 0.150. The van der Waals surface area contributed by atoms with Crippen LogP contribution in [0.25, 0.3) is 11.0 Å². The van der Waals surface area contributed by atoms with Gasteiger partial charge in [-0.15, -0.1) is 0 Å². The molecule has 2 atom stereocenters. The molecule has 5 aromatic rings. The van der Waals surface area contributed by atoms with Gasteiger partial charge in [-0.25, -0.2) is 9.78 Å². The summed E-state index contributed by atoms with van der Waals surface area (Å²) in [6.07, 6.45) is 6.38. The fourth-order valence-corrected chi connectivity index (χ4v) is 7.92. The average Bonchev–Trinajstić information content (AvgIpc) is 3.55. The van der Waals surface area contributed by atoms with Crippen LogP contribution in [0, 0.1) is 0 Å². The van der Waals surface area contributed by atoms with Crippen LogP contribution in [0.4, 0.5) is 4.79 Å². The third-order valence-electron chi connectivity index (χ3n) is 10.00. The lowest BCUT2D eigenvalue weighted by atomic mass is 9.79. The van der Waals surface area contributed by atoms with Crippen molar-refractivity contribution in [2.24, 2.45) is 0 Å². The number of nitrogens with one attached hydrogen (secondary N) is 1. The van der Waals surface area contributed by atoms with Gasteiger partial charge in [0.25, 0.3) is 0 Å². The molecule has 1 N–H and O–H groups in total. The van der Waals surface area contributed by atoms with Crippen LogP contribution in [0.15, 0.2) is 91.3 Å². The van der Waals surface area contributed by atoms with Crippen molar-refractivity contribution in [3.05, 3.63) is 125 Å². The minimum atomic E-state index is -1.28. The van der Waals surface area contributed by atoms with E-state index in [1.807, 2.05) is 57.3 Å². The number of ether oxygens (including phenoxy) is 2. The Morgan fingerprint density at radius 2 is 1.62 bits per heavy atom. The van der Waals surface area contributed by atoms with E-state index in [2.05, 4.69) is 90.0 Å². The van der Waals surface area contributed by atoms with Gasteiger partial charge in [0, 0.05) is 40.2 Å². The molecule has 280 valence electrons. The van der Waals surface area contributed by atoms with Crippen molar-refractivity contribution in [3.63, 3.8) is 0 Å². The molecular formula is C43H56N6O3Si. The SMILES string of the molecule is CC(C)(C)OC(=O)N(Cc1ccc(CN(C(COCC[Si](C)(C)C)c2nc3ccccc3[nH]2)C2(C)CCCc3cccnc32)cc1)Cc1ccccn1. The molecule has 0 radical (unpaired) electrons. The van der Waals surface area contributed by atoms with E-state index >= 15 is 0 Å². The van der Waals surface area contributed by atoms with Crippen LogP contribution in [0.1, 0.15) is 80.5 Å². The van der Waals surface area contributed by atoms with Gasteiger partial charge >= 0.3 is 6.09 Å². The van der Waals surface area contributed by atoms with Gasteiger partial charge in [0.1, 0.15) is 11.4 Å². The van der Waals surface area contributed by atoms with E-state index in [9.17, 15) is 4.79 Å². The maximum atomic E-state index is 13.4. The number of nitrogens with zero attached hydrogens (tertiary/aromatic N) is 5. The number of rotatable bonds is 14. The van der Waals surface area contributed by atoms with Crippen LogP contribution in [-0.4, -0.2) is 62.7 Å². The summed E-state index contributed by atoms with van der Waals surface area (Å²) in [5.74, 6) is 0.905. The fraction of sp³-hybridized carbons (Fsp3) is 0.442. The molecule has 0 spiro atoms. The van der Waals surface area contributed by atoms with Crippen molar-refractivity contribution >= 4 is 25.2 Å². The Labute approximate surface area is 316 Å². The first-order valence-corrected chi connectivity index (χ1v) is 22.7. The summed E-state index contributed by atoms with van der Waals surface area (Å²) in [5.41, 5.74) is 6.42. The largest absolute Gasteiger partial charge is 0.444 e. The van der Waals surface area contributed by atoms with Crippen molar-refractivity contribution in [2.45, 2.75) is 109 Å². The molecule has 3 aromatic heterocycles. The molecule has 0 fully saturated rings. The molecule has 6 rings (SSSR count). The number of carbonyl (C=O) groups is 1. The number of H-pyrrole nitrogens is 1. The molecule has 0 saturated heterocycles. The fourth-order valence-electron chi connectivity index (χ4n) is 7.16. The van der Waals surface area contributed by atoms with E-state index in [-0.39, 0.29) is 17.7 Å². The van der Waals surface area contributed by atoms with Gasteiger partial charge in [-0.2, -0.15) is 0 Å². The zero-order chi connectivity index (χ0) is 37.6. The maximum absolute atomic E-state index is 13.4. The topological polar surface area (TPSA) is 96.5 Å². The number of hydrogen-bond donors (Lipinski definition) is 1. The second-order valence-electron chi connectivity index (χ2n) is 16.8. The second-order valence-corrected chi connectivity index (χ2v) is 22.4. The van der Waals surface area contributed by atoms with E-state index in [4.69, 9.17) is 19.4 Å². The minimum Gasteiger partial charge on any atom is -0.444 e. The van der Waals surface area contributed by atoms with Gasteiger partial charge in [0.05, 0.1) is 47.2 Å². The molecule has 9 nitrogen and oxygen atoms in total. The number of aromatic amines is 1. The lowest BCUT2D eigenvalue weighted by molar-refractivity contribution is -0.0208. The van der Waals surface area contributed by atoms with Crippen LogP contribution in [0.2, 0.25) is 25.7 Å². The summed E-state index contributed by atoms with van der Waals surface area (Å²) in [5, 5.41) is 0. The molecule has 10 heteroatoms. The number of hydrogen-bond acceptors (Lipinski definition) is 7. The van der Waals surface area contributed by atoms with Crippen molar-refractivity contribution in [3.8, 4) is 0 Å². The third-order valence-corrected chi connectivity index (χ3v) is 11.7. The normalized spacial score (nSPS) is 16.8. The first-order valence-electron chi connectivity index (χ1n) is 19.0. The summed E-state index contributed by atoms with van der Waals surface area (Å²) >= 11 is 0. The van der Waals surface area contributed by atoms with Crippen LogP contribution in [0.5, 0.6) is 0 Å². The number of carbonyl (C=O) groups excluding carboxylic acids is 1. The first kappa shape index (κ1) is 38.3. The van der Waals surface area contributed by atoms with E-state index in [0.29, 0.717) is 26.2 Å². The predicted molar refractivity (Wildman–Crippen MR) is 214 cm³/mol. The summed E-state index contributed by atoms with van der Waals surface area (Å²) in [4.78, 5) is 36.0. The second kappa shape index (κ2) is 16.3. The molecule has 2 aromatic carbocycles. The molecule has 53 heavy (non-hydrogen) atoms. The van der Waals surface area contributed by atoms with E-state index < -0.39 is 13.7 Å². The van der Waals surface area contributed by atoms with Gasteiger partial charge < -0.3 is 14.5 Å². The Morgan fingerprint density at radius 3 is 2.32 bits per heavy atom. The Morgan fingerprint density at radius 1 is 0.906 bits per heavy atom. The molecule has 3 heterocycles. The number of para-hydroxylation sites is 2. The van der Waals surface area contributed by atoms with Gasteiger partial charge in [-0.05, 0) is 100 Å². The van der Waals surface area contributed by atoms with Crippen molar-refractivity contribution < 1.29 is 14.3 Å². The molecule has 1 amide bonds. The van der Waals surface area contributed by atoms with Gasteiger partial charge in [-0.1, -0.05) is 68.2 Å². The van der Waals surface area contributed by atoms with E-state index in [1.54, 1.807) is 11.1 Å². The van der Waals surface area contributed by atoms with E-state index in [1.165, 1.54) is 5.56 Å². The zero-order valence-corrected chi connectivity index (χ0v) is 33.6. The molecule has 1 aliphatic rings. The van der Waals surface area contributed by atoms with Crippen LogP contribution >= 0.6 is 0 Å². The van der Waals surface area contributed by atoms with Crippen LogP contribution < -0.4 is 0 Å². The van der Waals surface area contributed by atoms with Crippen molar-refractivity contribution in [2.75, 3.05) is 13.2 Å². The summed E-state index contributed by atoms with van der Waals surface area (Å²) < 4.78 is 12.4. The number of benzene rings is 2. The Balaban J connectivity index is 1.33. The number of amides is 1. The number of aryl methyl sites for hydroxylation is 1. The highest BCUT2D eigenvalue weighted by molar-refractivity contribution is 6.76. The quantitative estimate of drug-likeness (QED) is 0.0898. The Kier molecular flexibility index (Phi) is 11.8. The third kappa shape index (κ3) is 9.98. The zero-order valence-electron chi connectivity index (χ0n) is 32.6. The maximum Gasteiger partial charge on any atom is 0.410 e. The molecule has 1 aliphatic carbocycles. The molecule has 0 saturated carbocycles. The number of fused-ring (bicyclic) bond motifs is 2. The highest BCUT2D eigenvalue weighted by atomic mass is 28.3. The van der Waals surface area contributed by atoms with Crippen LogP contribution in [-0.2, 0) is 41.1 Å².